The first-order valence-electron chi connectivity index (χ1n) is 7.10. The molecule has 0 amide bonds. The first kappa shape index (κ1) is 15.9. The summed E-state index contributed by atoms with van der Waals surface area (Å²) in [5, 5.41) is 0. The number of alkyl halides is 3. The minimum absolute atomic E-state index is 0.0236. The predicted octanol–water partition coefficient (Wildman–Crippen LogP) is 3.40. The zero-order chi connectivity index (χ0) is 15.6. The SMILES string of the molecule is CC1CCCC(N(C)c2cc(C(F)(F)F)cc(NN)n2)C1. The van der Waals surface area contributed by atoms with Gasteiger partial charge in [0.05, 0.1) is 5.56 Å². The highest BCUT2D eigenvalue weighted by atomic mass is 19.4. The fraction of sp³-hybridized carbons (Fsp3) is 0.643. The van der Waals surface area contributed by atoms with Crippen LogP contribution in [0.15, 0.2) is 12.1 Å². The molecule has 4 nitrogen and oxygen atoms in total. The molecule has 0 spiro atoms. The molecule has 1 fully saturated rings. The van der Waals surface area contributed by atoms with Gasteiger partial charge in [-0.2, -0.15) is 13.2 Å². The maximum absolute atomic E-state index is 12.9. The van der Waals surface area contributed by atoms with Crippen molar-refractivity contribution in [2.24, 2.45) is 11.8 Å². The molecule has 1 aliphatic carbocycles. The minimum Gasteiger partial charge on any atom is -0.357 e. The molecule has 0 aromatic carbocycles. The molecule has 2 unspecified atom stereocenters. The minimum atomic E-state index is -4.41. The van der Waals surface area contributed by atoms with E-state index in [1.165, 1.54) is 6.42 Å². The van der Waals surface area contributed by atoms with Crippen LogP contribution in [0.3, 0.4) is 0 Å². The number of nitrogens with two attached hydrogens (primary N) is 1. The van der Waals surface area contributed by atoms with Crippen molar-refractivity contribution in [3.05, 3.63) is 17.7 Å². The van der Waals surface area contributed by atoms with E-state index in [4.69, 9.17) is 5.84 Å². The Morgan fingerprint density at radius 2 is 2.05 bits per heavy atom. The van der Waals surface area contributed by atoms with E-state index in [-0.39, 0.29) is 11.9 Å². The Balaban J connectivity index is 2.29. The lowest BCUT2D eigenvalue weighted by molar-refractivity contribution is -0.137. The first-order chi connectivity index (χ1) is 9.81. The molecular weight excluding hydrogens is 281 g/mol. The number of halogens is 3. The standard InChI is InChI=1S/C14H21F3N4/c1-9-4-3-5-11(6-9)21(2)13-8-10(14(15,16)17)7-12(19-13)20-18/h7-9,11H,3-6,18H2,1-2H3,(H,19,20). The van der Waals surface area contributed by atoms with Crippen LogP contribution in [0.25, 0.3) is 0 Å². The van der Waals surface area contributed by atoms with Gasteiger partial charge in [0, 0.05) is 13.1 Å². The topological polar surface area (TPSA) is 54.2 Å². The van der Waals surface area contributed by atoms with Gasteiger partial charge in [0.15, 0.2) is 0 Å². The molecule has 0 saturated heterocycles. The summed E-state index contributed by atoms with van der Waals surface area (Å²) in [7, 11) is 1.80. The monoisotopic (exact) mass is 302 g/mol. The van der Waals surface area contributed by atoms with Crippen LogP contribution in [0, 0.1) is 5.92 Å². The fourth-order valence-corrected chi connectivity index (χ4v) is 2.88. The molecule has 1 aliphatic rings. The summed E-state index contributed by atoms with van der Waals surface area (Å²) < 4.78 is 38.8. The predicted molar refractivity (Wildman–Crippen MR) is 76.9 cm³/mol. The van der Waals surface area contributed by atoms with Gasteiger partial charge in [0.1, 0.15) is 11.6 Å². The van der Waals surface area contributed by atoms with E-state index >= 15 is 0 Å². The molecule has 2 rings (SSSR count). The Morgan fingerprint density at radius 1 is 1.33 bits per heavy atom. The summed E-state index contributed by atoms with van der Waals surface area (Å²) in [5.74, 6) is 6.15. The van der Waals surface area contributed by atoms with E-state index in [2.05, 4.69) is 17.3 Å². The van der Waals surface area contributed by atoms with Crippen LogP contribution < -0.4 is 16.2 Å². The lowest BCUT2D eigenvalue weighted by atomic mass is 9.86. The maximum Gasteiger partial charge on any atom is 0.416 e. The summed E-state index contributed by atoms with van der Waals surface area (Å²) in [6.45, 7) is 2.17. The van der Waals surface area contributed by atoms with Gasteiger partial charge < -0.3 is 10.3 Å². The van der Waals surface area contributed by atoms with Gasteiger partial charge in [-0.1, -0.05) is 19.8 Å². The zero-order valence-corrected chi connectivity index (χ0v) is 12.2. The van der Waals surface area contributed by atoms with Crippen molar-refractivity contribution in [3.8, 4) is 0 Å². The van der Waals surface area contributed by atoms with Crippen LogP contribution >= 0.6 is 0 Å². The average Bonchev–Trinajstić information content (AvgIpc) is 2.45. The van der Waals surface area contributed by atoms with E-state index in [1.54, 1.807) is 7.05 Å². The number of rotatable bonds is 3. The fourth-order valence-electron chi connectivity index (χ4n) is 2.88. The molecule has 1 aromatic rings. The summed E-state index contributed by atoms with van der Waals surface area (Å²) in [6.07, 6.45) is -0.193. The number of anilines is 2. The van der Waals surface area contributed by atoms with Crippen LogP contribution in [-0.4, -0.2) is 18.1 Å². The van der Waals surface area contributed by atoms with E-state index in [0.717, 1.165) is 31.4 Å². The number of hydrogen-bond donors (Lipinski definition) is 2. The highest BCUT2D eigenvalue weighted by Gasteiger charge is 2.33. The lowest BCUT2D eigenvalue weighted by Crippen LogP contribution is -2.36. The van der Waals surface area contributed by atoms with Gasteiger partial charge in [0.25, 0.3) is 0 Å². The molecule has 1 aromatic heterocycles. The van der Waals surface area contributed by atoms with Crippen molar-refractivity contribution in [1.29, 1.82) is 0 Å². The van der Waals surface area contributed by atoms with Crippen molar-refractivity contribution < 1.29 is 13.2 Å². The third-order valence-corrected chi connectivity index (χ3v) is 4.10. The second-order valence-corrected chi connectivity index (χ2v) is 5.78. The van der Waals surface area contributed by atoms with E-state index in [0.29, 0.717) is 11.7 Å². The Labute approximate surface area is 122 Å². The normalized spacial score (nSPS) is 23.0. The molecule has 7 heteroatoms. The number of aromatic nitrogens is 1. The van der Waals surface area contributed by atoms with Gasteiger partial charge in [-0.3, -0.25) is 0 Å². The summed E-state index contributed by atoms with van der Waals surface area (Å²) in [6, 6.07) is 2.22. The third-order valence-electron chi connectivity index (χ3n) is 4.10. The average molecular weight is 302 g/mol. The van der Waals surface area contributed by atoms with Crippen molar-refractivity contribution in [3.63, 3.8) is 0 Å². The van der Waals surface area contributed by atoms with Crippen LogP contribution in [-0.2, 0) is 6.18 Å². The van der Waals surface area contributed by atoms with Crippen molar-refractivity contribution in [1.82, 2.24) is 4.98 Å². The Kier molecular flexibility index (Phi) is 4.61. The molecule has 0 aliphatic heterocycles. The molecule has 0 radical (unpaired) electrons. The second kappa shape index (κ2) is 6.09. The maximum atomic E-state index is 12.9. The molecule has 21 heavy (non-hydrogen) atoms. The van der Waals surface area contributed by atoms with Crippen LogP contribution in [0.1, 0.15) is 38.2 Å². The van der Waals surface area contributed by atoms with Crippen molar-refractivity contribution >= 4 is 11.6 Å². The van der Waals surface area contributed by atoms with Gasteiger partial charge in [-0.05, 0) is 30.9 Å². The Hall–Kier alpha value is -1.50. The number of hydrogen-bond acceptors (Lipinski definition) is 4. The number of nitrogens with one attached hydrogen (secondary N) is 1. The molecular formula is C14H21F3N4. The first-order valence-corrected chi connectivity index (χ1v) is 7.10. The van der Waals surface area contributed by atoms with Crippen LogP contribution in [0.5, 0.6) is 0 Å². The van der Waals surface area contributed by atoms with Gasteiger partial charge in [0.2, 0.25) is 0 Å². The molecule has 1 heterocycles. The third kappa shape index (κ3) is 3.78. The van der Waals surface area contributed by atoms with Crippen LogP contribution in [0.2, 0.25) is 0 Å². The highest BCUT2D eigenvalue weighted by molar-refractivity contribution is 5.51. The smallest absolute Gasteiger partial charge is 0.357 e. The number of pyridine rings is 1. The van der Waals surface area contributed by atoms with Gasteiger partial charge in [-0.25, -0.2) is 10.8 Å². The van der Waals surface area contributed by atoms with E-state index < -0.39 is 11.7 Å². The summed E-state index contributed by atoms with van der Waals surface area (Å²) >= 11 is 0. The lowest BCUT2D eigenvalue weighted by Gasteiger charge is -2.35. The molecule has 118 valence electrons. The van der Waals surface area contributed by atoms with E-state index in [1.807, 2.05) is 4.90 Å². The zero-order valence-electron chi connectivity index (χ0n) is 12.2. The molecule has 2 atom stereocenters. The second-order valence-electron chi connectivity index (χ2n) is 5.78. The van der Waals surface area contributed by atoms with Crippen molar-refractivity contribution in [2.75, 3.05) is 17.4 Å². The molecule has 1 saturated carbocycles. The van der Waals surface area contributed by atoms with Gasteiger partial charge >= 0.3 is 6.18 Å². The van der Waals surface area contributed by atoms with E-state index in [9.17, 15) is 13.2 Å². The summed E-state index contributed by atoms with van der Waals surface area (Å²) in [5.41, 5.74) is 1.47. The van der Waals surface area contributed by atoms with Gasteiger partial charge in [-0.15, -0.1) is 0 Å². The Bertz CT molecular complexity index is 490. The van der Waals surface area contributed by atoms with Crippen LogP contribution in [0.4, 0.5) is 24.8 Å². The van der Waals surface area contributed by atoms with Crippen molar-refractivity contribution in [2.45, 2.75) is 44.8 Å². The number of hydrazine groups is 1. The quantitative estimate of drug-likeness (QED) is 0.664. The molecule has 3 N–H and O–H groups in total. The highest BCUT2D eigenvalue weighted by Crippen LogP contribution is 2.34. The molecule has 0 bridgehead atoms. The largest absolute Gasteiger partial charge is 0.416 e. The number of nitrogen functional groups attached to an aromatic ring is 1. The Morgan fingerprint density at radius 3 is 2.62 bits per heavy atom. The number of nitrogens with zero attached hydrogens (tertiary/aromatic N) is 2. The summed E-state index contributed by atoms with van der Waals surface area (Å²) in [4.78, 5) is 5.99.